The van der Waals surface area contributed by atoms with Crippen LogP contribution >= 0.6 is 0 Å². The summed E-state index contributed by atoms with van der Waals surface area (Å²) in [7, 11) is 0. The SMILES string of the molecule is Cc1cccc(C)c1N(CCn1ccnc1)C(=O)Cn1ccnc1. The third kappa shape index (κ3) is 3.53. The lowest BCUT2D eigenvalue weighted by Gasteiger charge is -2.26. The standard InChI is InChI=1S/C18H21N5O/c1-15-4-3-5-16(2)18(15)23(11-10-21-8-6-19-13-21)17(24)12-22-9-7-20-14-22/h3-9,13-14H,10-12H2,1-2H3. The Bertz CT molecular complexity index is 773. The van der Waals surface area contributed by atoms with Crippen molar-refractivity contribution in [3.63, 3.8) is 0 Å². The topological polar surface area (TPSA) is 56.0 Å². The van der Waals surface area contributed by atoms with Crippen molar-refractivity contribution in [2.45, 2.75) is 26.9 Å². The Labute approximate surface area is 141 Å². The third-order valence-corrected chi connectivity index (χ3v) is 4.03. The maximum Gasteiger partial charge on any atom is 0.247 e. The molecule has 3 rings (SSSR count). The normalized spacial score (nSPS) is 10.8. The smallest absolute Gasteiger partial charge is 0.247 e. The summed E-state index contributed by atoms with van der Waals surface area (Å²) in [6, 6.07) is 6.09. The van der Waals surface area contributed by atoms with Gasteiger partial charge in [-0.2, -0.15) is 0 Å². The molecule has 2 heterocycles. The van der Waals surface area contributed by atoms with Crippen LogP contribution in [0.5, 0.6) is 0 Å². The van der Waals surface area contributed by atoms with Crippen LogP contribution in [-0.2, 0) is 17.9 Å². The maximum atomic E-state index is 12.9. The molecule has 124 valence electrons. The molecule has 0 fully saturated rings. The van der Waals surface area contributed by atoms with Gasteiger partial charge in [0.1, 0.15) is 6.54 Å². The molecule has 0 spiro atoms. The van der Waals surface area contributed by atoms with Gasteiger partial charge in [0, 0.05) is 43.6 Å². The van der Waals surface area contributed by atoms with E-state index in [-0.39, 0.29) is 12.5 Å². The second-order valence-corrected chi connectivity index (χ2v) is 5.82. The zero-order valence-corrected chi connectivity index (χ0v) is 14.0. The van der Waals surface area contributed by atoms with Crippen molar-refractivity contribution in [1.29, 1.82) is 0 Å². The highest BCUT2D eigenvalue weighted by Crippen LogP contribution is 2.25. The molecule has 0 unspecified atom stereocenters. The molecule has 3 aromatic rings. The van der Waals surface area contributed by atoms with Crippen LogP contribution in [0.4, 0.5) is 5.69 Å². The van der Waals surface area contributed by atoms with Gasteiger partial charge in [-0.15, -0.1) is 0 Å². The van der Waals surface area contributed by atoms with Crippen molar-refractivity contribution >= 4 is 11.6 Å². The summed E-state index contributed by atoms with van der Waals surface area (Å²) >= 11 is 0. The highest BCUT2D eigenvalue weighted by atomic mass is 16.2. The van der Waals surface area contributed by atoms with Crippen LogP contribution in [0, 0.1) is 13.8 Å². The number of carbonyl (C=O) groups excluding carboxylic acids is 1. The largest absolute Gasteiger partial charge is 0.336 e. The Balaban J connectivity index is 1.86. The first-order valence-corrected chi connectivity index (χ1v) is 7.93. The average Bonchev–Trinajstić information content (AvgIpc) is 3.23. The Morgan fingerprint density at radius 1 is 1.04 bits per heavy atom. The monoisotopic (exact) mass is 323 g/mol. The van der Waals surface area contributed by atoms with Crippen LogP contribution in [-0.4, -0.2) is 31.6 Å². The van der Waals surface area contributed by atoms with Crippen LogP contribution in [0.3, 0.4) is 0 Å². The van der Waals surface area contributed by atoms with E-state index in [1.807, 2.05) is 47.7 Å². The Morgan fingerprint density at radius 3 is 2.25 bits per heavy atom. The number of amides is 1. The minimum absolute atomic E-state index is 0.0468. The molecule has 6 nitrogen and oxygen atoms in total. The molecule has 0 radical (unpaired) electrons. The van der Waals surface area contributed by atoms with Gasteiger partial charge in [0.25, 0.3) is 0 Å². The molecular formula is C18H21N5O. The van der Waals surface area contributed by atoms with Crippen LogP contribution in [0.25, 0.3) is 0 Å². The first kappa shape index (κ1) is 16.0. The fourth-order valence-electron chi connectivity index (χ4n) is 2.85. The van der Waals surface area contributed by atoms with E-state index >= 15 is 0 Å². The van der Waals surface area contributed by atoms with E-state index in [1.165, 1.54) is 0 Å². The van der Waals surface area contributed by atoms with E-state index in [9.17, 15) is 4.79 Å². The van der Waals surface area contributed by atoms with E-state index in [1.54, 1.807) is 35.8 Å². The molecule has 1 amide bonds. The van der Waals surface area contributed by atoms with Gasteiger partial charge < -0.3 is 14.0 Å². The van der Waals surface area contributed by atoms with Crippen molar-refractivity contribution < 1.29 is 4.79 Å². The van der Waals surface area contributed by atoms with Crippen molar-refractivity contribution in [2.24, 2.45) is 0 Å². The second-order valence-electron chi connectivity index (χ2n) is 5.82. The van der Waals surface area contributed by atoms with E-state index in [0.717, 1.165) is 16.8 Å². The number of hydrogen-bond donors (Lipinski definition) is 0. The summed E-state index contributed by atoms with van der Waals surface area (Å²) in [5.74, 6) is 0.0468. The Kier molecular flexibility index (Phi) is 4.74. The summed E-state index contributed by atoms with van der Waals surface area (Å²) in [4.78, 5) is 22.9. The highest BCUT2D eigenvalue weighted by molar-refractivity contribution is 5.94. The van der Waals surface area contributed by atoms with Gasteiger partial charge >= 0.3 is 0 Å². The summed E-state index contributed by atoms with van der Waals surface area (Å²) < 4.78 is 3.77. The number of carbonyl (C=O) groups is 1. The zero-order valence-electron chi connectivity index (χ0n) is 14.0. The van der Waals surface area contributed by atoms with Gasteiger partial charge in [-0.1, -0.05) is 18.2 Å². The van der Waals surface area contributed by atoms with Gasteiger partial charge in [0.05, 0.1) is 12.7 Å². The first-order chi connectivity index (χ1) is 11.6. The number of anilines is 1. The molecule has 0 aliphatic carbocycles. The summed E-state index contributed by atoms with van der Waals surface area (Å²) in [6.45, 7) is 5.64. The van der Waals surface area contributed by atoms with Crippen LogP contribution in [0.1, 0.15) is 11.1 Å². The predicted octanol–water partition coefficient (Wildman–Crippen LogP) is 2.43. The summed E-state index contributed by atoms with van der Waals surface area (Å²) in [5, 5.41) is 0. The number of aromatic nitrogens is 4. The molecule has 0 saturated heterocycles. The molecular weight excluding hydrogens is 302 g/mol. The fourth-order valence-corrected chi connectivity index (χ4v) is 2.85. The molecule has 2 aromatic heterocycles. The van der Waals surface area contributed by atoms with Crippen molar-refractivity contribution in [3.8, 4) is 0 Å². The Hall–Kier alpha value is -2.89. The minimum Gasteiger partial charge on any atom is -0.336 e. The lowest BCUT2D eigenvalue weighted by atomic mass is 10.1. The molecule has 0 atom stereocenters. The van der Waals surface area contributed by atoms with Crippen molar-refractivity contribution in [3.05, 3.63) is 66.8 Å². The average molecular weight is 323 g/mol. The predicted molar refractivity (Wildman–Crippen MR) is 92.7 cm³/mol. The fraction of sp³-hybridized carbons (Fsp3) is 0.278. The molecule has 0 bridgehead atoms. The van der Waals surface area contributed by atoms with Crippen molar-refractivity contribution in [1.82, 2.24) is 19.1 Å². The molecule has 1 aromatic carbocycles. The number of para-hydroxylation sites is 1. The van der Waals surface area contributed by atoms with E-state index in [4.69, 9.17) is 0 Å². The quantitative estimate of drug-likeness (QED) is 0.700. The van der Waals surface area contributed by atoms with E-state index in [2.05, 4.69) is 9.97 Å². The van der Waals surface area contributed by atoms with Gasteiger partial charge in [-0.25, -0.2) is 9.97 Å². The van der Waals surface area contributed by atoms with Gasteiger partial charge in [0.2, 0.25) is 5.91 Å². The van der Waals surface area contributed by atoms with Crippen LogP contribution < -0.4 is 4.90 Å². The number of imidazole rings is 2. The Morgan fingerprint density at radius 2 is 1.67 bits per heavy atom. The van der Waals surface area contributed by atoms with Crippen LogP contribution in [0.2, 0.25) is 0 Å². The van der Waals surface area contributed by atoms with E-state index < -0.39 is 0 Å². The molecule has 0 N–H and O–H groups in total. The minimum atomic E-state index is 0.0468. The number of rotatable bonds is 6. The number of aryl methyl sites for hydroxylation is 2. The summed E-state index contributed by atoms with van der Waals surface area (Å²) in [6.07, 6.45) is 10.6. The first-order valence-electron chi connectivity index (χ1n) is 7.93. The molecule has 0 saturated carbocycles. The van der Waals surface area contributed by atoms with Gasteiger partial charge in [0.15, 0.2) is 0 Å². The van der Waals surface area contributed by atoms with Gasteiger partial charge in [-0.05, 0) is 25.0 Å². The molecule has 0 aliphatic rings. The second kappa shape index (κ2) is 7.12. The highest BCUT2D eigenvalue weighted by Gasteiger charge is 2.19. The number of benzene rings is 1. The zero-order chi connectivity index (χ0) is 16.9. The lowest BCUT2D eigenvalue weighted by molar-refractivity contribution is -0.119. The number of nitrogens with zero attached hydrogens (tertiary/aromatic N) is 5. The van der Waals surface area contributed by atoms with Crippen LogP contribution in [0.15, 0.2) is 55.6 Å². The molecule has 0 aliphatic heterocycles. The van der Waals surface area contributed by atoms with Crippen molar-refractivity contribution in [2.75, 3.05) is 11.4 Å². The van der Waals surface area contributed by atoms with Gasteiger partial charge in [-0.3, -0.25) is 4.79 Å². The maximum absolute atomic E-state index is 12.9. The molecule has 6 heteroatoms. The summed E-state index contributed by atoms with van der Waals surface area (Å²) in [5.41, 5.74) is 3.18. The van der Waals surface area contributed by atoms with E-state index in [0.29, 0.717) is 13.1 Å². The number of hydrogen-bond acceptors (Lipinski definition) is 3. The third-order valence-electron chi connectivity index (χ3n) is 4.03. The lowest BCUT2D eigenvalue weighted by Crippen LogP contribution is -2.37. The molecule has 24 heavy (non-hydrogen) atoms.